The molecule has 4 N–H and O–H groups in total. The molecule has 0 unspecified atom stereocenters. The first-order chi connectivity index (χ1) is 9.97. The van der Waals surface area contributed by atoms with Crippen LogP contribution in [0.25, 0.3) is 0 Å². The topological polar surface area (TPSA) is 84.2 Å². The molecule has 0 aliphatic carbocycles. The van der Waals surface area contributed by atoms with Gasteiger partial charge in [-0.05, 0) is 52.7 Å². The van der Waals surface area contributed by atoms with Gasteiger partial charge >= 0.3 is 6.03 Å². The molecule has 2 rings (SSSR count). The highest BCUT2D eigenvalue weighted by Crippen LogP contribution is 2.23. The van der Waals surface area contributed by atoms with Crippen molar-refractivity contribution in [2.24, 2.45) is 5.73 Å². The standard InChI is InChI=1S/C15H14BrN3O2/c1-9-4-2-7-12(13(9)16)14(20)18-10-5-3-6-11(8-10)19-15(17)21/h2-8H,1H3,(H,18,20)(H3,17,19,21). The lowest BCUT2D eigenvalue weighted by molar-refractivity contribution is 0.102. The highest BCUT2D eigenvalue weighted by molar-refractivity contribution is 9.10. The second kappa shape index (κ2) is 6.41. The molecular weight excluding hydrogens is 334 g/mol. The number of halogens is 1. The van der Waals surface area contributed by atoms with E-state index < -0.39 is 6.03 Å². The summed E-state index contributed by atoms with van der Waals surface area (Å²) in [5.74, 6) is -0.234. The highest BCUT2D eigenvalue weighted by atomic mass is 79.9. The largest absolute Gasteiger partial charge is 0.351 e. The number of rotatable bonds is 3. The maximum atomic E-state index is 12.3. The van der Waals surface area contributed by atoms with Crippen LogP contribution in [-0.2, 0) is 0 Å². The maximum Gasteiger partial charge on any atom is 0.316 e. The molecule has 3 amide bonds. The number of urea groups is 1. The third kappa shape index (κ3) is 3.82. The molecule has 21 heavy (non-hydrogen) atoms. The van der Waals surface area contributed by atoms with E-state index in [1.807, 2.05) is 19.1 Å². The van der Waals surface area contributed by atoms with Gasteiger partial charge < -0.3 is 16.4 Å². The molecule has 0 spiro atoms. The second-order valence-corrected chi connectivity index (χ2v) is 5.25. The number of primary amides is 1. The molecule has 2 aromatic carbocycles. The smallest absolute Gasteiger partial charge is 0.316 e. The lowest BCUT2D eigenvalue weighted by Gasteiger charge is -2.10. The predicted octanol–water partition coefficient (Wildman–Crippen LogP) is 3.50. The van der Waals surface area contributed by atoms with Crippen molar-refractivity contribution < 1.29 is 9.59 Å². The first kappa shape index (κ1) is 15.1. The first-order valence-corrected chi connectivity index (χ1v) is 6.99. The molecule has 0 bridgehead atoms. The van der Waals surface area contributed by atoms with Gasteiger partial charge in [-0.2, -0.15) is 0 Å². The zero-order chi connectivity index (χ0) is 15.4. The van der Waals surface area contributed by atoms with Crippen LogP contribution in [0.4, 0.5) is 16.2 Å². The zero-order valence-electron chi connectivity index (χ0n) is 11.3. The van der Waals surface area contributed by atoms with Crippen LogP contribution >= 0.6 is 15.9 Å². The van der Waals surface area contributed by atoms with E-state index >= 15 is 0 Å². The summed E-state index contributed by atoms with van der Waals surface area (Å²) in [5, 5.41) is 5.24. The van der Waals surface area contributed by atoms with E-state index in [-0.39, 0.29) is 5.91 Å². The fourth-order valence-electron chi connectivity index (χ4n) is 1.84. The summed E-state index contributed by atoms with van der Waals surface area (Å²) in [4.78, 5) is 23.1. The number of nitrogens with two attached hydrogens (primary N) is 1. The van der Waals surface area contributed by atoms with Gasteiger partial charge in [-0.1, -0.05) is 18.2 Å². The Hall–Kier alpha value is -2.34. The van der Waals surface area contributed by atoms with Crippen LogP contribution in [0.1, 0.15) is 15.9 Å². The average Bonchev–Trinajstić information content (AvgIpc) is 2.41. The SMILES string of the molecule is Cc1cccc(C(=O)Nc2cccc(NC(N)=O)c2)c1Br. The molecule has 0 heterocycles. The van der Waals surface area contributed by atoms with Crippen LogP contribution in [0.15, 0.2) is 46.9 Å². The van der Waals surface area contributed by atoms with Crippen LogP contribution < -0.4 is 16.4 Å². The molecule has 108 valence electrons. The van der Waals surface area contributed by atoms with E-state index in [1.165, 1.54) is 0 Å². The lowest BCUT2D eigenvalue weighted by atomic mass is 10.1. The number of aryl methyl sites for hydroxylation is 1. The molecule has 0 aromatic heterocycles. The van der Waals surface area contributed by atoms with Crippen molar-refractivity contribution in [3.8, 4) is 0 Å². The molecule has 0 saturated carbocycles. The normalized spacial score (nSPS) is 10.0. The van der Waals surface area contributed by atoms with Gasteiger partial charge in [0.25, 0.3) is 5.91 Å². The molecule has 5 nitrogen and oxygen atoms in total. The van der Waals surface area contributed by atoms with E-state index in [1.54, 1.807) is 30.3 Å². The Morgan fingerprint density at radius 2 is 1.67 bits per heavy atom. The number of anilines is 2. The van der Waals surface area contributed by atoms with Crippen molar-refractivity contribution in [3.63, 3.8) is 0 Å². The van der Waals surface area contributed by atoms with E-state index in [2.05, 4.69) is 26.6 Å². The first-order valence-electron chi connectivity index (χ1n) is 6.20. The summed E-state index contributed by atoms with van der Waals surface area (Å²) in [7, 11) is 0. The molecule has 2 aromatic rings. The minimum atomic E-state index is -0.653. The molecule has 0 aliphatic rings. The molecular formula is C15H14BrN3O2. The predicted molar refractivity (Wildman–Crippen MR) is 86.5 cm³/mol. The van der Waals surface area contributed by atoms with E-state index in [4.69, 9.17) is 5.73 Å². The third-order valence-corrected chi connectivity index (χ3v) is 3.88. The lowest BCUT2D eigenvalue weighted by Crippen LogP contribution is -2.19. The summed E-state index contributed by atoms with van der Waals surface area (Å²) < 4.78 is 0.758. The molecule has 0 aliphatic heterocycles. The number of carbonyl (C=O) groups excluding carboxylic acids is 2. The monoisotopic (exact) mass is 347 g/mol. The summed E-state index contributed by atoms with van der Waals surface area (Å²) in [6, 6.07) is 11.6. The Kier molecular flexibility index (Phi) is 4.59. The number of nitrogens with one attached hydrogen (secondary N) is 2. The Bertz CT molecular complexity index is 701. The molecule has 6 heteroatoms. The minimum absolute atomic E-state index is 0.234. The van der Waals surface area contributed by atoms with Gasteiger partial charge in [-0.3, -0.25) is 4.79 Å². The number of amides is 3. The van der Waals surface area contributed by atoms with Gasteiger partial charge in [0.05, 0.1) is 5.56 Å². The van der Waals surface area contributed by atoms with Gasteiger partial charge in [-0.15, -0.1) is 0 Å². The van der Waals surface area contributed by atoms with E-state index in [0.29, 0.717) is 16.9 Å². The van der Waals surface area contributed by atoms with Crippen LogP contribution in [0.5, 0.6) is 0 Å². The number of hydrogen-bond donors (Lipinski definition) is 3. The van der Waals surface area contributed by atoms with Crippen LogP contribution in [0.2, 0.25) is 0 Å². The number of carbonyl (C=O) groups is 2. The Labute approximate surface area is 130 Å². The third-order valence-electron chi connectivity index (χ3n) is 2.82. The van der Waals surface area contributed by atoms with Crippen molar-refractivity contribution in [1.82, 2.24) is 0 Å². The van der Waals surface area contributed by atoms with Gasteiger partial charge in [0, 0.05) is 15.8 Å². The maximum absolute atomic E-state index is 12.3. The van der Waals surface area contributed by atoms with Crippen LogP contribution in [0.3, 0.4) is 0 Å². The molecule has 0 atom stereocenters. The van der Waals surface area contributed by atoms with Crippen molar-refractivity contribution in [1.29, 1.82) is 0 Å². The van der Waals surface area contributed by atoms with Crippen LogP contribution in [0, 0.1) is 6.92 Å². The van der Waals surface area contributed by atoms with Crippen LogP contribution in [-0.4, -0.2) is 11.9 Å². The van der Waals surface area contributed by atoms with Crippen molar-refractivity contribution in [2.45, 2.75) is 6.92 Å². The summed E-state index contributed by atoms with van der Waals surface area (Å²) in [5.41, 5.74) is 7.67. The molecule has 0 radical (unpaired) electrons. The summed E-state index contributed by atoms with van der Waals surface area (Å²) in [6.07, 6.45) is 0. The Morgan fingerprint density at radius 3 is 2.33 bits per heavy atom. The Morgan fingerprint density at radius 1 is 1.05 bits per heavy atom. The fraction of sp³-hybridized carbons (Fsp3) is 0.0667. The quantitative estimate of drug-likeness (QED) is 0.793. The molecule has 0 saturated heterocycles. The summed E-state index contributed by atoms with van der Waals surface area (Å²) in [6.45, 7) is 1.91. The van der Waals surface area contributed by atoms with Crippen molar-refractivity contribution >= 4 is 39.2 Å². The zero-order valence-corrected chi connectivity index (χ0v) is 12.9. The number of benzene rings is 2. The van der Waals surface area contributed by atoms with Gasteiger partial charge in [0.1, 0.15) is 0 Å². The summed E-state index contributed by atoms with van der Waals surface area (Å²) >= 11 is 3.41. The van der Waals surface area contributed by atoms with Crippen molar-refractivity contribution in [2.75, 3.05) is 10.6 Å². The minimum Gasteiger partial charge on any atom is -0.351 e. The van der Waals surface area contributed by atoms with Crippen molar-refractivity contribution in [3.05, 3.63) is 58.1 Å². The average molecular weight is 348 g/mol. The van der Waals surface area contributed by atoms with Gasteiger partial charge in [-0.25, -0.2) is 4.79 Å². The Balaban J connectivity index is 2.20. The number of hydrogen-bond acceptors (Lipinski definition) is 2. The van der Waals surface area contributed by atoms with E-state index in [0.717, 1.165) is 10.0 Å². The fourth-order valence-corrected chi connectivity index (χ4v) is 2.28. The second-order valence-electron chi connectivity index (χ2n) is 4.46. The van der Waals surface area contributed by atoms with Gasteiger partial charge in [0.15, 0.2) is 0 Å². The van der Waals surface area contributed by atoms with E-state index in [9.17, 15) is 9.59 Å². The van der Waals surface area contributed by atoms with Gasteiger partial charge in [0.2, 0.25) is 0 Å². The molecule has 0 fully saturated rings. The highest BCUT2D eigenvalue weighted by Gasteiger charge is 2.11.